The molecule has 0 aliphatic rings. The maximum atomic E-state index is 12.0. The number of carbonyl (C=O) groups is 1. The van der Waals surface area contributed by atoms with Gasteiger partial charge in [-0.05, 0) is 56.5 Å². The highest BCUT2D eigenvalue weighted by molar-refractivity contribution is 5.77. The third-order valence-electron chi connectivity index (χ3n) is 4.78. The molecule has 0 unspecified atom stereocenters. The van der Waals surface area contributed by atoms with Crippen molar-refractivity contribution in [3.63, 3.8) is 0 Å². The molecule has 30 heavy (non-hydrogen) atoms. The van der Waals surface area contributed by atoms with Crippen LogP contribution < -0.4 is 14.8 Å². The van der Waals surface area contributed by atoms with E-state index in [1.807, 2.05) is 64.1 Å². The molecule has 1 aromatic heterocycles. The van der Waals surface area contributed by atoms with Crippen LogP contribution in [0.4, 0.5) is 0 Å². The fourth-order valence-electron chi connectivity index (χ4n) is 2.97. The number of aryl methyl sites for hydroxylation is 3. The molecule has 3 rings (SSSR count). The van der Waals surface area contributed by atoms with Crippen molar-refractivity contribution in [2.24, 2.45) is 0 Å². The lowest BCUT2D eigenvalue weighted by Gasteiger charge is -2.12. The molecular formula is C24H27N3O3. The number of rotatable bonds is 8. The number of hydrogen-bond acceptors (Lipinski definition) is 5. The largest absolute Gasteiger partial charge is 0.483 e. The van der Waals surface area contributed by atoms with E-state index >= 15 is 0 Å². The van der Waals surface area contributed by atoms with E-state index < -0.39 is 0 Å². The summed E-state index contributed by atoms with van der Waals surface area (Å²) in [4.78, 5) is 12.0. The summed E-state index contributed by atoms with van der Waals surface area (Å²) in [5, 5.41) is 11.1. The monoisotopic (exact) mass is 405 g/mol. The van der Waals surface area contributed by atoms with Crippen LogP contribution in [0, 0.1) is 27.7 Å². The zero-order valence-corrected chi connectivity index (χ0v) is 17.9. The second-order valence-electron chi connectivity index (χ2n) is 7.31. The average Bonchev–Trinajstić information content (AvgIpc) is 2.74. The van der Waals surface area contributed by atoms with Crippen molar-refractivity contribution < 1.29 is 14.3 Å². The molecule has 6 heteroatoms. The van der Waals surface area contributed by atoms with Crippen LogP contribution in [0.3, 0.4) is 0 Å². The number of nitrogens with one attached hydrogen (secondary N) is 1. The van der Waals surface area contributed by atoms with E-state index in [2.05, 4.69) is 21.6 Å². The molecule has 1 N–H and O–H groups in total. The highest BCUT2D eigenvalue weighted by Gasteiger charge is 2.08. The number of amides is 1. The van der Waals surface area contributed by atoms with Crippen LogP contribution in [0.1, 0.15) is 22.3 Å². The summed E-state index contributed by atoms with van der Waals surface area (Å²) < 4.78 is 11.2. The van der Waals surface area contributed by atoms with Crippen molar-refractivity contribution in [1.29, 1.82) is 0 Å². The Bertz CT molecular complexity index is 999. The van der Waals surface area contributed by atoms with Crippen LogP contribution in [0.2, 0.25) is 0 Å². The van der Waals surface area contributed by atoms with Gasteiger partial charge in [-0.3, -0.25) is 4.79 Å². The molecular weight excluding hydrogens is 378 g/mol. The first kappa shape index (κ1) is 21.3. The minimum atomic E-state index is -0.196. The molecule has 0 atom stereocenters. The van der Waals surface area contributed by atoms with Gasteiger partial charge in [-0.15, -0.1) is 10.2 Å². The van der Waals surface area contributed by atoms with Gasteiger partial charge in [0.1, 0.15) is 12.4 Å². The van der Waals surface area contributed by atoms with Gasteiger partial charge < -0.3 is 14.8 Å². The Morgan fingerprint density at radius 3 is 2.37 bits per heavy atom. The fraction of sp³-hybridized carbons (Fsp3) is 0.292. The molecule has 0 spiro atoms. The summed E-state index contributed by atoms with van der Waals surface area (Å²) in [6.07, 6.45) is 0. The van der Waals surface area contributed by atoms with E-state index in [-0.39, 0.29) is 12.5 Å². The molecule has 0 saturated heterocycles. The predicted molar refractivity (Wildman–Crippen MR) is 117 cm³/mol. The Morgan fingerprint density at radius 1 is 0.900 bits per heavy atom. The molecule has 0 aliphatic heterocycles. The zero-order chi connectivity index (χ0) is 21.5. The average molecular weight is 405 g/mol. The molecule has 0 fully saturated rings. The molecule has 6 nitrogen and oxygen atoms in total. The summed E-state index contributed by atoms with van der Waals surface area (Å²) in [6.45, 7) is 8.69. The van der Waals surface area contributed by atoms with E-state index in [1.54, 1.807) is 6.07 Å². The summed E-state index contributed by atoms with van der Waals surface area (Å²) in [5.74, 6) is 0.961. The molecule has 0 bridgehead atoms. The van der Waals surface area contributed by atoms with Crippen molar-refractivity contribution in [3.8, 4) is 22.9 Å². The number of aromatic nitrogens is 2. The molecule has 3 aromatic rings. The standard InChI is InChI=1S/C24H27N3O3/c1-16-5-7-20(8-6-16)21-9-10-24(27-26-21)29-12-11-25-23(28)15-30-22-14-17(2)13-18(3)19(22)4/h5-10,13-14H,11-12,15H2,1-4H3,(H,25,28). The zero-order valence-electron chi connectivity index (χ0n) is 17.9. The summed E-state index contributed by atoms with van der Waals surface area (Å²) >= 11 is 0. The van der Waals surface area contributed by atoms with Crippen LogP contribution in [0.5, 0.6) is 11.6 Å². The van der Waals surface area contributed by atoms with Gasteiger partial charge in [0.25, 0.3) is 5.91 Å². The molecule has 156 valence electrons. The van der Waals surface area contributed by atoms with Gasteiger partial charge in [-0.25, -0.2) is 0 Å². The maximum absolute atomic E-state index is 12.0. The number of hydrogen-bond donors (Lipinski definition) is 1. The molecule has 0 saturated carbocycles. The first-order valence-electron chi connectivity index (χ1n) is 9.93. The molecule has 2 aromatic carbocycles. The quantitative estimate of drug-likeness (QED) is 0.575. The molecule has 1 amide bonds. The summed E-state index contributed by atoms with van der Waals surface area (Å²) in [6, 6.07) is 15.8. The normalized spacial score (nSPS) is 10.5. The Labute approximate surface area is 177 Å². The number of nitrogens with zero attached hydrogens (tertiary/aromatic N) is 2. The highest BCUT2D eigenvalue weighted by atomic mass is 16.5. The lowest BCUT2D eigenvalue weighted by atomic mass is 10.1. The number of benzene rings is 2. The maximum Gasteiger partial charge on any atom is 0.258 e. The van der Waals surface area contributed by atoms with Crippen molar-refractivity contribution in [3.05, 3.63) is 70.8 Å². The Balaban J connectivity index is 1.40. The van der Waals surface area contributed by atoms with Gasteiger partial charge in [0.15, 0.2) is 6.61 Å². The van der Waals surface area contributed by atoms with Crippen molar-refractivity contribution in [2.45, 2.75) is 27.7 Å². The van der Waals surface area contributed by atoms with Crippen molar-refractivity contribution >= 4 is 5.91 Å². The number of carbonyl (C=O) groups excluding carboxylic acids is 1. The lowest BCUT2D eigenvalue weighted by Crippen LogP contribution is -2.32. The minimum Gasteiger partial charge on any atom is -0.483 e. The number of ether oxygens (including phenoxy) is 2. The van der Waals surface area contributed by atoms with Crippen LogP contribution in [-0.2, 0) is 4.79 Å². The van der Waals surface area contributed by atoms with E-state index in [4.69, 9.17) is 9.47 Å². The molecule has 1 heterocycles. The van der Waals surface area contributed by atoms with Gasteiger partial charge in [-0.2, -0.15) is 0 Å². The van der Waals surface area contributed by atoms with E-state index in [1.165, 1.54) is 5.56 Å². The smallest absolute Gasteiger partial charge is 0.258 e. The fourth-order valence-corrected chi connectivity index (χ4v) is 2.97. The topological polar surface area (TPSA) is 73.3 Å². The molecule has 0 aliphatic carbocycles. The van der Waals surface area contributed by atoms with E-state index in [0.717, 1.165) is 33.7 Å². The van der Waals surface area contributed by atoms with Crippen molar-refractivity contribution in [1.82, 2.24) is 15.5 Å². The van der Waals surface area contributed by atoms with Gasteiger partial charge in [0, 0.05) is 11.6 Å². The predicted octanol–water partition coefficient (Wildman–Crippen LogP) is 3.95. The summed E-state index contributed by atoms with van der Waals surface area (Å²) in [5.41, 5.74) is 6.29. The van der Waals surface area contributed by atoms with Crippen molar-refractivity contribution in [2.75, 3.05) is 19.8 Å². The third-order valence-corrected chi connectivity index (χ3v) is 4.78. The van der Waals surface area contributed by atoms with Gasteiger partial charge >= 0.3 is 0 Å². The SMILES string of the molecule is Cc1ccc(-c2ccc(OCCNC(=O)COc3cc(C)cc(C)c3C)nn2)cc1. The molecule has 0 radical (unpaired) electrons. The third kappa shape index (κ3) is 5.80. The van der Waals surface area contributed by atoms with E-state index in [0.29, 0.717) is 19.0 Å². The van der Waals surface area contributed by atoms with Gasteiger partial charge in [0.05, 0.1) is 12.2 Å². The minimum absolute atomic E-state index is 0.0330. The highest BCUT2D eigenvalue weighted by Crippen LogP contribution is 2.23. The van der Waals surface area contributed by atoms with Gasteiger partial charge in [0.2, 0.25) is 5.88 Å². The van der Waals surface area contributed by atoms with Crippen LogP contribution in [0.25, 0.3) is 11.3 Å². The summed E-state index contributed by atoms with van der Waals surface area (Å²) in [7, 11) is 0. The van der Waals surface area contributed by atoms with E-state index in [9.17, 15) is 4.79 Å². The Kier molecular flexibility index (Phi) is 7.01. The Morgan fingerprint density at radius 2 is 1.67 bits per heavy atom. The van der Waals surface area contributed by atoms with Crippen LogP contribution in [0.15, 0.2) is 48.5 Å². The first-order chi connectivity index (χ1) is 14.4. The Hall–Kier alpha value is -3.41. The van der Waals surface area contributed by atoms with Gasteiger partial charge in [-0.1, -0.05) is 35.9 Å². The second kappa shape index (κ2) is 9.87. The second-order valence-corrected chi connectivity index (χ2v) is 7.31. The lowest BCUT2D eigenvalue weighted by molar-refractivity contribution is -0.123. The van der Waals surface area contributed by atoms with Crippen LogP contribution >= 0.6 is 0 Å². The van der Waals surface area contributed by atoms with Crippen LogP contribution in [-0.4, -0.2) is 35.9 Å². The first-order valence-corrected chi connectivity index (χ1v) is 9.93.